The van der Waals surface area contributed by atoms with Gasteiger partial charge in [-0.25, -0.2) is 9.38 Å². The van der Waals surface area contributed by atoms with Crippen LogP contribution in [0.4, 0.5) is 10.1 Å². The van der Waals surface area contributed by atoms with Gasteiger partial charge in [-0.3, -0.25) is 9.69 Å². The second-order valence-electron chi connectivity index (χ2n) is 6.14. The number of anilines is 1. The van der Waals surface area contributed by atoms with Crippen molar-refractivity contribution in [2.45, 2.75) is 0 Å². The van der Waals surface area contributed by atoms with Gasteiger partial charge in [-0.2, -0.15) is 0 Å². The highest BCUT2D eigenvalue weighted by atomic mass is 79.9. The molecule has 0 N–H and O–H groups in total. The molecule has 1 aliphatic rings. The Bertz CT molecular complexity index is 1110. The van der Waals surface area contributed by atoms with Crippen molar-refractivity contribution in [2.75, 3.05) is 4.90 Å². The first-order chi connectivity index (χ1) is 13.5. The lowest BCUT2D eigenvalue weighted by molar-refractivity contribution is -0.113. The molecule has 6 heteroatoms. The molecule has 0 saturated carbocycles. The summed E-state index contributed by atoms with van der Waals surface area (Å²) in [5, 5.41) is 0.617. The number of amides is 1. The molecule has 0 aromatic heterocycles. The van der Waals surface area contributed by atoms with Crippen LogP contribution >= 0.6 is 27.5 Å². The molecular weight excluding hydrogens is 443 g/mol. The minimum atomic E-state index is -0.348. The Hall–Kier alpha value is -2.76. The van der Waals surface area contributed by atoms with Crippen LogP contribution in [-0.2, 0) is 4.79 Å². The van der Waals surface area contributed by atoms with Gasteiger partial charge >= 0.3 is 0 Å². The Morgan fingerprint density at radius 2 is 1.71 bits per heavy atom. The number of carbonyl (C=O) groups is 1. The number of halogens is 3. The van der Waals surface area contributed by atoms with Gasteiger partial charge in [0.25, 0.3) is 5.91 Å². The third-order valence-electron chi connectivity index (χ3n) is 4.20. The summed E-state index contributed by atoms with van der Waals surface area (Å²) in [6, 6.07) is 20.4. The van der Waals surface area contributed by atoms with Gasteiger partial charge in [0.05, 0.1) is 5.69 Å². The van der Waals surface area contributed by atoms with E-state index in [0.717, 1.165) is 10.0 Å². The molecular formula is C22H13BrClFN2O. The Morgan fingerprint density at radius 3 is 2.39 bits per heavy atom. The van der Waals surface area contributed by atoms with E-state index in [1.54, 1.807) is 30.3 Å². The maximum absolute atomic E-state index is 13.4. The van der Waals surface area contributed by atoms with E-state index in [1.807, 2.05) is 36.4 Å². The Balaban J connectivity index is 1.82. The summed E-state index contributed by atoms with van der Waals surface area (Å²) in [6.45, 7) is 0. The minimum absolute atomic E-state index is 0.257. The van der Waals surface area contributed by atoms with Gasteiger partial charge in [-0.05, 0) is 66.2 Å². The van der Waals surface area contributed by atoms with E-state index in [9.17, 15) is 9.18 Å². The molecule has 1 heterocycles. The number of aliphatic imine (C=N–C) groups is 1. The Labute approximate surface area is 174 Å². The first-order valence-corrected chi connectivity index (χ1v) is 9.60. The monoisotopic (exact) mass is 454 g/mol. The number of rotatable bonds is 3. The van der Waals surface area contributed by atoms with Crippen molar-refractivity contribution < 1.29 is 9.18 Å². The molecule has 3 aromatic rings. The summed E-state index contributed by atoms with van der Waals surface area (Å²) in [6.07, 6.45) is 1.71. The zero-order valence-electron chi connectivity index (χ0n) is 14.4. The zero-order valence-corrected chi connectivity index (χ0v) is 16.8. The molecule has 0 saturated heterocycles. The van der Waals surface area contributed by atoms with Crippen molar-refractivity contribution in [1.29, 1.82) is 0 Å². The van der Waals surface area contributed by atoms with Crippen LogP contribution in [0.15, 0.2) is 88.0 Å². The normalized spacial score (nSPS) is 15.2. The van der Waals surface area contributed by atoms with Crippen LogP contribution in [0.1, 0.15) is 11.1 Å². The van der Waals surface area contributed by atoms with E-state index in [-0.39, 0.29) is 11.7 Å². The molecule has 0 fully saturated rings. The number of nitrogens with zero attached hydrogens (tertiary/aromatic N) is 2. The van der Waals surface area contributed by atoms with Crippen molar-refractivity contribution in [3.8, 4) is 0 Å². The quantitative estimate of drug-likeness (QED) is 0.441. The van der Waals surface area contributed by atoms with Crippen molar-refractivity contribution >= 4 is 51.0 Å². The predicted octanol–water partition coefficient (Wildman–Crippen LogP) is 6.08. The van der Waals surface area contributed by atoms with Gasteiger partial charge in [0.15, 0.2) is 0 Å². The smallest absolute Gasteiger partial charge is 0.266 e. The van der Waals surface area contributed by atoms with Crippen molar-refractivity contribution in [3.05, 3.63) is 105 Å². The number of carbonyl (C=O) groups excluding carboxylic acids is 1. The van der Waals surface area contributed by atoms with Gasteiger partial charge in [0.1, 0.15) is 17.3 Å². The molecule has 28 heavy (non-hydrogen) atoms. The van der Waals surface area contributed by atoms with E-state index in [0.29, 0.717) is 27.8 Å². The van der Waals surface area contributed by atoms with E-state index in [2.05, 4.69) is 20.9 Å². The lowest BCUT2D eigenvalue weighted by Gasteiger charge is -2.18. The molecule has 0 radical (unpaired) electrons. The highest BCUT2D eigenvalue weighted by Gasteiger charge is 2.32. The van der Waals surface area contributed by atoms with E-state index in [1.165, 1.54) is 17.0 Å². The van der Waals surface area contributed by atoms with E-state index < -0.39 is 0 Å². The summed E-state index contributed by atoms with van der Waals surface area (Å²) in [5.74, 6) is -0.157. The van der Waals surface area contributed by atoms with Gasteiger partial charge in [0, 0.05) is 15.1 Å². The third kappa shape index (κ3) is 3.77. The zero-order chi connectivity index (χ0) is 19.7. The molecule has 0 atom stereocenters. The first kappa shape index (κ1) is 18.6. The van der Waals surface area contributed by atoms with Gasteiger partial charge in [-0.15, -0.1) is 0 Å². The lowest BCUT2D eigenvalue weighted by atomic mass is 10.1. The number of hydrogen-bond donors (Lipinski definition) is 0. The largest absolute Gasteiger partial charge is 0.282 e. The van der Waals surface area contributed by atoms with Crippen LogP contribution in [0.3, 0.4) is 0 Å². The Morgan fingerprint density at radius 1 is 1.00 bits per heavy atom. The maximum Gasteiger partial charge on any atom is 0.282 e. The number of amidine groups is 1. The molecule has 4 rings (SSSR count). The Kier molecular flexibility index (Phi) is 5.11. The van der Waals surface area contributed by atoms with Crippen molar-refractivity contribution in [1.82, 2.24) is 0 Å². The standard InChI is InChI=1S/C22H13BrClFN2O/c23-16-2-1-3-19(13-16)27-21(15-6-10-18(25)11-7-15)26-20(22(27)28)12-14-4-8-17(24)9-5-14/h1-13H/b20-12+. The molecule has 3 aromatic carbocycles. The summed E-state index contributed by atoms with van der Waals surface area (Å²) in [7, 11) is 0. The summed E-state index contributed by atoms with van der Waals surface area (Å²) in [5.41, 5.74) is 2.42. The molecule has 0 spiro atoms. The van der Waals surface area contributed by atoms with Gasteiger partial charge in [0.2, 0.25) is 0 Å². The van der Waals surface area contributed by atoms with Crippen molar-refractivity contribution in [2.24, 2.45) is 4.99 Å². The van der Waals surface area contributed by atoms with Crippen LogP contribution in [-0.4, -0.2) is 11.7 Å². The number of hydrogen-bond acceptors (Lipinski definition) is 2. The van der Waals surface area contributed by atoms with Crippen LogP contribution in [0.25, 0.3) is 6.08 Å². The fraction of sp³-hybridized carbons (Fsp3) is 0. The van der Waals surface area contributed by atoms with Crippen LogP contribution in [0.2, 0.25) is 5.02 Å². The molecule has 138 valence electrons. The fourth-order valence-corrected chi connectivity index (χ4v) is 3.39. The number of benzene rings is 3. The van der Waals surface area contributed by atoms with Crippen molar-refractivity contribution in [3.63, 3.8) is 0 Å². The fourth-order valence-electron chi connectivity index (χ4n) is 2.88. The van der Waals surface area contributed by atoms with Gasteiger partial charge in [-0.1, -0.05) is 45.7 Å². The van der Waals surface area contributed by atoms with Crippen LogP contribution in [0.5, 0.6) is 0 Å². The maximum atomic E-state index is 13.4. The molecule has 0 bridgehead atoms. The molecule has 1 amide bonds. The average Bonchev–Trinajstić information content (AvgIpc) is 3.00. The van der Waals surface area contributed by atoms with E-state index >= 15 is 0 Å². The molecule has 0 unspecified atom stereocenters. The summed E-state index contributed by atoms with van der Waals surface area (Å²) in [4.78, 5) is 19.3. The lowest BCUT2D eigenvalue weighted by Crippen LogP contribution is -2.32. The van der Waals surface area contributed by atoms with Gasteiger partial charge < -0.3 is 0 Å². The average molecular weight is 456 g/mol. The van der Waals surface area contributed by atoms with Crippen LogP contribution in [0, 0.1) is 5.82 Å². The van der Waals surface area contributed by atoms with E-state index in [4.69, 9.17) is 11.6 Å². The minimum Gasteiger partial charge on any atom is -0.266 e. The topological polar surface area (TPSA) is 32.7 Å². The second kappa shape index (κ2) is 7.70. The van der Waals surface area contributed by atoms with Crippen LogP contribution < -0.4 is 4.90 Å². The second-order valence-corrected chi connectivity index (χ2v) is 7.50. The predicted molar refractivity (Wildman–Crippen MR) is 114 cm³/mol. The molecule has 1 aliphatic heterocycles. The first-order valence-electron chi connectivity index (χ1n) is 8.43. The molecule has 0 aliphatic carbocycles. The SMILES string of the molecule is O=C1/C(=C\c2ccc(Cl)cc2)N=C(c2ccc(F)cc2)N1c1cccc(Br)c1. The highest BCUT2D eigenvalue weighted by Crippen LogP contribution is 2.29. The third-order valence-corrected chi connectivity index (χ3v) is 4.95. The summed E-state index contributed by atoms with van der Waals surface area (Å²) < 4.78 is 14.2. The summed E-state index contributed by atoms with van der Waals surface area (Å²) >= 11 is 9.37. The highest BCUT2D eigenvalue weighted by molar-refractivity contribution is 9.10. The molecule has 3 nitrogen and oxygen atoms in total.